The van der Waals surface area contributed by atoms with Crippen LogP contribution >= 0.6 is 15.9 Å². The van der Waals surface area contributed by atoms with Crippen LogP contribution in [0.5, 0.6) is 0 Å². The normalized spacial score (nSPS) is 12.1. The minimum atomic E-state index is -1.03. The van der Waals surface area contributed by atoms with Crippen molar-refractivity contribution in [3.63, 3.8) is 0 Å². The molecule has 6 heteroatoms. The van der Waals surface area contributed by atoms with E-state index in [1.165, 1.54) is 18.5 Å². The minimum Gasteiger partial charge on any atom is -0.481 e. The monoisotopic (exact) mass is 324 g/mol. The van der Waals surface area contributed by atoms with Gasteiger partial charge in [-0.3, -0.25) is 4.79 Å². The van der Waals surface area contributed by atoms with Crippen molar-refractivity contribution in [1.82, 2.24) is 9.97 Å². The summed E-state index contributed by atoms with van der Waals surface area (Å²) >= 11 is 3.25. The van der Waals surface area contributed by atoms with Crippen molar-refractivity contribution in [1.29, 1.82) is 0 Å². The quantitative estimate of drug-likeness (QED) is 0.939. The van der Waals surface area contributed by atoms with Gasteiger partial charge in [-0.2, -0.15) is 0 Å². The fraction of sp³-hybridized carbons (Fsp3) is 0.154. The van der Waals surface area contributed by atoms with Crippen LogP contribution < -0.4 is 0 Å². The third-order valence-corrected chi connectivity index (χ3v) is 3.10. The fourth-order valence-corrected chi connectivity index (χ4v) is 2.17. The molecule has 0 spiro atoms. The molecule has 1 aromatic carbocycles. The highest BCUT2D eigenvalue weighted by atomic mass is 79.9. The maximum Gasteiger partial charge on any atom is 0.304 e. The standard InChI is InChI=1S/C13H10BrFN2O2/c14-8-2-3-11(15)9(6-8)10(7-12(18)19)13-16-4-1-5-17-13/h1-6,10H,7H2,(H,18,19). The van der Waals surface area contributed by atoms with Crippen molar-refractivity contribution in [3.05, 3.63) is 58.3 Å². The van der Waals surface area contributed by atoms with E-state index in [1.807, 2.05) is 0 Å². The zero-order valence-electron chi connectivity index (χ0n) is 9.75. The summed E-state index contributed by atoms with van der Waals surface area (Å²) in [5.41, 5.74) is 0.267. The first-order valence-electron chi connectivity index (χ1n) is 5.51. The van der Waals surface area contributed by atoms with Crippen molar-refractivity contribution in [2.24, 2.45) is 0 Å². The third-order valence-electron chi connectivity index (χ3n) is 2.61. The van der Waals surface area contributed by atoms with E-state index in [1.54, 1.807) is 18.2 Å². The van der Waals surface area contributed by atoms with Crippen molar-refractivity contribution in [3.8, 4) is 0 Å². The lowest BCUT2D eigenvalue weighted by atomic mass is 9.94. The van der Waals surface area contributed by atoms with E-state index in [0.717, 1.165) is 0 Å². The first kappa shape index (κ1) is 13.6. The molecular weight excluding hydrogens is 315 g/mol. The number of carbonyl (C=O) groups is 1. The van der Waals surface area contributed by atoms with Gasteiger partial charge in [-0.25, -0.2) is 14.4 Å². The number of nitrogens with zero attached hydrogens (tertiary/aromatic N) is 2. The van der Waals surface area contributed by atoms with E-state index >= 15 is 0 Å². The predicted molar refractivity (Wildman–Crippen MR) is 70.2 cm³/mol. The topological polar surface area (TPSA) is 63.1 Å². The highest BCUT2D eigenvalue weighted by molar-refractivity contribution is 9.10. The Morgan fingerprint density at radius 1 is 1.37 bits per heavy atom. The summed E-state index contributed by atoms with van der Waals surface area (Å²) in [6.07, 6.45) is 2.75. The summed E-state index contributed by atoms with van der Waals surface area (Å²) in [5.74, 6) is -1.92. The molecule has 1 heterocycles. The maximum absolute atomic E-state index is 13.9. The predicted octanol–water partition coefficient (Wildman–Crippen LogP) is 2.98. The number of hydrogen-bond donors (Lipinski definition) is 1. The zero-order chi connectivity index (χ0) is 13.8. The first-order chi connectivity index (χ1) is 9.08. The van der Waals surface area contributed by atoms with Crippen LogP contribution in [-0.2, 0) is 4.79 Å². The third kappa shape index (κ3) is 3.35. The van der Waals surface area contributed by atoms with Gasteiger partial charge in [0.05, 0.1) is 12.3 Å². The van der Waals surface area contributed by atoms with Crippen LogP contribution in [0.4, 0.5) is 4.39 Å². The largest absolute Gasteiger partial charge is 0.481 e. The molecular formula is C13H10BrFN2O2. The SMILES string of the molecule is O=C(O)CC(c1ncccn1)c1cc(Br)ccc1F. The van der Waals surface area contributed by atoms with Crippen LogP contribution in [0.1, 0.15) is 23.7 Å². The van der Waals surface area contributed by atoms with E-state index in [4.69, 9.17) is 5.11 Å². The lowest BCUT2D eigenvalue weighted by molar-refractivity contribution is -0.137. The van der Waals surface area contributed by atoms with E-state index < -0.39 is 17.7 Å². The molecule has 0 saturated carbocycles. The smallest absolute Gasteiger partial charge is 0.304 e. The van der Waals surface area contributed by atoms with Gasteiger partial charge >= 0.3 is 5.97 Å². The van der Waals surface area contributed by atoms with Gasteiger partial charge in [0.15, 0.2) is 0 Å². The first-order valence-corrected chi connectivity index (χ1v) is 6.31. The summed E-state index contributed by atoms with van der Waals surface area (Å²) in [6.45, 7) is 0. The molecule has 0 bridgehead atoms. The Kier molecular flexibility index (Phi) is 4.21. The van der Waals surface area contributed by atoms with Gasteiger partial charge in [0.25, 0.3) is 0 Å². The molecule has 1 atom stereocenters. The summed E-state index contributed by atoms with van der Waals surface area (Å²) < 4.78 is 14.6. The van der Waals surface area contributed by atoms with Crippen molar-refractivity contribution >= 4 is 21.9 Å². The number of rotatable bonds is 4. The molecule has 0 radical (unpaired) electrons. The second-order valence-corrected chi connectivity index (χ2v) is 4.84. The van der Waals surface area contributed by atoms with Gasteiger partial charge in [-0.1, -0.05) is 15.9 Å². The average molecular weight is 325 g/mol. The summed E-state index contributed by atoms with van der Waals surface area (Å²) in [7, 11) is 0. The minimum absolute atomic E-state index is 0.266. The molecule has 98 valence electrons. The Hall–Kier alpha value is -1.82. The number of hydrogen-bond acceptors (Lipinski definition) is 3. The molecule has 1 unspecified atom stereocenters. The van der Waals surface area contributed by atoms with Gasteiger partial charge in [-0.05, 0) is 24.3 Å². The Morgan fingerprint density at radius 3 is 2.68 bits per heavy atom. The molecule has 19 heavy (non-hydrogen) atoms. The van der Waals surface area contributed by atoms with Gasteiger partial charge < -0.3 is 5.11 Å². The molecule has 0 aliphatic heterocycles. The van der Waals surface area contributed by atoms with Crippen LogP contribution in [0.2, 0.25) is 0 Å². The maximum atomic E-state index is 13.9. The van der Waals surface area contributed by atoms with Gasteiger partial charge in [-0.15, -0.1) is 0 Å². The summed E-state index contributed by atoms with van der Waals surface area (Å²) in [6, 6.07) is 6.03. The highest BCUT2D eigenvalue weighted by Crippen LogP contribution is 2.29. The van der Waals surface area contributed by atoms with E-state index in [0.29, 0.717) is 10.3 Å². The molecule has 2 rings (SSSR count). The lowest BCUT2D eigenvalue weighted by Gasteiger charge is -2.14. The second kappa shape index (κ2) is 5.88. The number of carboxylic acid groups (broad SMARTS) is 1. The summed E-state index contributed by atoms with van der Waals surface area (Å²) in [4.78, 5) is 19.0. The second-order valence-electron chi connectivity index (χ2n) is 3.92. The molecule has 0 amide bonds. The molecule has 1 aromatic heterocycles. The van der Waals surface area contributed by atoms with Gasteiger partial charge in [0, 0.05) is 22.4 Å². The summed E-state index contributed by atoms with van der Waals surface area (Å²) in [5, 5.41) is 8.98. The zero-order valence-corrected chi connectivity index (χ0v) is 11.3. The molecule has 0 aliphatic rings. The number of benzene rings is 1. The molecule has 2 aromatic rings. The van der Waals surface area contributed by atoms with E-state index in [2.05, 4.69) is 25.9 Å². The Balaban J connectivity index is 2.48. The Bertz CT molecular complexity index is 592. The Labute approximate surface area is 117 Å². The van der Waals surface area contributed by atoms with Gasteiger partial charge in [0.2, 0.25) is 0 Å². The van der Waals surface area contributed by atoms with Crippen LogP contribution in [0, 0.1) is 5.82 Å². The van der Waals surface area contributed by atoms with Crippen LogP contribution in [0.3, 0.4) is 0 Å². The van der Waals surface area contributed by atoms with E-state index in [-0.39, 0.29) is 12.0 Å². The van der Waals surface area contributed by atoms with Crippen molar-refractivity contribution in [2.45, 2.75) is 12.3 Å². The van der Waals surface area contributed by atoms with Crippen LogP contribution in [-0.4, -0.2) is 21.0 Å². The molecule has 0 fully saturated rings. The van der Waals surface area contributed by atoms with Crippen LogP contribution in [0.15, 0.2) is 41.1 Å². The molecule has 1 N–H and O–H groups in total. The molecule has 0 aliphatic carbocycles. The lowest BCUT2D eigenvalue weighted by Crippen LogP contribution is -2.12. The number of aromatic nitrogens is 2. The van der Waals surface area contributed by atoms with Crippen LogP contribution in [0.25, 0.3) is 0 Å². The Morgan fingerprint density at radius 2 is 2.05 bits per heavy atom. The van der Waals surface area contributed by atoms with Crippen molar-refractivity contribution < 1.29 is 14.3 Å². The molecule has 4 nitrogen and oxygen atoms in total. The average Bonchev–Trinajstić information content (AvgIpc) is 2.40. The highest BCUT2D eigenvalue weighted by Gasteiger charge is 2.23. The van der Waals surface area contributed by atoms with E-state index in [9.17, 15) is 9.18 Å². The van der Waals surface area contributed by atoms with Crippen molar-refractivity contribution in [2.75, 3.05) is 0 Å². The molecule has 0 saturated heterocycles. The number of aliphatic carboxylic acids is 1. The fourth-order valence-electron chi connectivity index (χ4n) is 1.79. The van der Waals surface area contributed by atoms with Gasteiger partial charge in [0.1, 0.15) is 11.6 Å². The number of halogens is 2. The number of carboxylic acids is 1.